The quantitative estimate of drug-likeness (QED) is 0.613. The highest BCUT2D eigenvalue weighted by Gasteiger charge is 2.62. The van der Waals surface area contributed by atoms with Gasteiger partial charge in [0, 0.05) is 29.3 Å². The minimum absolute atomic E-state index is 0.104. The highest BCUT2D eigenvalue weighted by Crippen LogP contribution is 2.48. The van der Waals surface area contributed by atoms with Gasteiger partial charge in [0.05, 0.1) is 18.6 Å². The van der Waals surface area contributed by atoms with Crippen molar-refractivity contribution >= 4 is 11.8 Å². The summed E-state index contributed by atoms with van der Waals surface area (Å²) in [4.78, 5) is 27.5. The van der Waals surface area contributed by atoms with E-state index in [4.69, 9.17) is 0 Å². The fourth-order valence-corrected chi connectivity index (χ4v) is 2.95. The van der Waals surface area contributed by atoms with Crippen molar-refractivity contribution in [1.82, 2.24) is 9.55 Å². The Labute approximate surface area is 161 Å². The van der Waals surface area contributed by atoms with Crippen LogP contribution in [-0.2, 0) is 16.9 Å². The summed E-state index contributed by atoms with van der Waals surface area (Å²) in [7, 11) is 0. The van der Waals surface area contributed by atoms with Crippen LogP contribution in [0.15, 0.2) is 35.5 Å². The van der Waals surface area contributed by atoms with E-state index in [1.54, 1.807) is 0 Å². The summed E-state index contributed by atoms with van der Waals surface area (Å²) in [5, 5.41) is 2.16. The second kappa shape index (κ2) is 6.62. The zero-order chi connectivity index (χ0) is 20.8. The molecule has 1 amide bonds. The molecule has 1 aliphatic heterocycles. The Hall–Kier alpha value is -3.35. The topological polar surface area (TPSA) is 73.2 Å². The summed E-state index contributed by atoms with van der Waals surface area (Å²) in [5.74, 6) is 3.30. The number of nitrogens with zero attached hydrogens (tertiary/aromatic N) is 2. The van der Waals surface area contributed by atoms with E-state index in [1.807, 2.05) is 5.92 Å². The number of amides is 1. The minimum atomic E-state index is -5.09. The smallest absolute Gasteiger partial charge is 0.415 e. The number of rotatable bonds is 2. The normalized spacial score (nSPS) is 20.8. The van der Waals surface area contributed by atoms with E-state index >= 15 is 0 Å². The van der Waals surface area contributed by atoms with Crippen LogP contribution in [0.1, 0.15) is 24.0 Å². The van der Waals surface area contributed by atoms with Crippen LogP contribution in [0.4, 0.5) is 28.0 Å². The van der Waals surface area contributed by atoms with E-state index in [9.17, 15) is 27.2 Å². The lowest BCUT2D eigenvalue weighted by Gasteiger charge is -2.36. The number of cyclic esters (lactones) is 1. The molecule has 1 saturated carbocycles. The van der Waals surface area contributed by atoms with Gasteiger partial charge in [-0.2, -0.15) is 13.2 Å². The maximum absolute atomic E-state index is 14.7. The molecule has 1 aliphatic carbocycles. The maximum Gasteiger partial charge on any atom is 0.445 e. The van der Waals surface area contributed by atoms with Crippen LogP contribution in [0.5, 0.6) is 0 Å². The molecule has 0 unspecified atom stereocenters. The lowest BCUT2D eigenvalue weighted by Crippen LogP contribution is -2.49. The Kier molecular flexibility index (Phi) is 4.33. The van der Waals surface area contributed by atoms with Crippen LogP contribution < -0.4 is 10.9 Å². The zero-order valence-corrected chi connectivity index (χ0v) is 14.7. The number of ether oxygens (including phenoxy) is 1. The van der Waals surface area contributed by atoms with Crippen LogP contribution in [0.2, 0.25) is 0 Å². The van der Waals surface area contributed by atoms with Gasteiger partial charge in [0.1, 0.15) is 5.82 Å². The first-order chi connectivity index (χ1) is 13.7. The third kappa shape index (κ3) is 3.44. The van der Waals surface area contributed by atoms with Gasteiger partial charge in [-0.15, -0.1) is 0 Å². The van der Waals surface area contributed by atoms with Crippen LogP contribution in [0.25, 0.3) is 0 Å². The molecule has 0 radical (unpaired) electrons. The SMILES string of the molecule is O=C1Nc2cc(Cn3cnccc3=O)c(F)cc2[C@@](C#CC2CC2)(C(F)(F)F)O1. The molecule has 1 atom stereocenters. The van der Waals surface area contributed by atoms with Crippen molar-refractivity contribution in [3.05, 3.63) is 58.0 Å². The zero-order valence-electron chi connectivity index (χ0n) is 14.7. The monoisotopic (exact) mass is 407 g/mol. The molecule has 1 N–H and O–H groups in total. The number of aromatic nitrogens is 2. The lowest BCUT2D eigenvalue weighted by atomic mass is 9.89. The van der Waals surface area contributed by atoms with Crippen LogP contribution >= 0.6 is 0 Å². The van der Waals surface area contributed by atoms with Gasteiger partial charge in [0.15, 0.2) is 0 Å². The molecule has 0 bridgehead atoms. The van der Waals surface area contributed by atoms with Crippen LogP contribution in [0, 0.1) is 23.6 Å². The second-order valence-corrected chi connectivity index (χ2v) is 6.77. The summed E-state index contributed by atoms with van der Waals surface area (Å²) in [5.41, 5.74) is -4.76. The number of carbonyl (C=O) groups excluding carboxylic acids is 1. The van der Waals surface area contributed by atoms with E-state index < -0.39 is 34.8 Å². The number of alkyl halides is 3. The average Bonchev–Trinajstić information content (AvgIpc) is 3.46. The van der Waals surface area contributed by atoms with Crippen molar-refractivity contribution in [1.29, 1.82) is 0 Å². The van der Waals surface area contributed by atoms with Crippen molar-refractivity contribution in [2.75, 3.05) is 5.32 Å². The molecule has 1 aromatic carbocycles. The molecule has 4 rings (SSSR count). The summed E-state index contributed by atoms with van der Waals surface area (Å²) in [6.07, 6.45) is -2.69. The molecule has 10 heteroatoms. The van der Waals surface area contributed by atoms with Crippen molar-refractivity contribution in [3.8, 4) is 11.8 Å². The Balaban J connectivity index is 1.84. The molecule has 0 saturated heterocycles. The molecule has 0 spiro atoms. The van der Waals surface area contributed by atoms with Crippen LogP contribution in [0.3, 0.4) is 0 Å². The first kappa shape index (κ1) is 19.0. The summed E-state index contributed by atoms with van der Waals surface area (Å²) in [6, 6.07) is 2.85. The first-order valence-electron chi connectivity index (χ1n) is 8.62. The van der Waals surface area contributed by atoms with Gasteiger partial charge < -0.3 is 4.74 Å². The van der Waals surface area contributed by atoms with Gasteiger partial charge in [-0.1, -0.05) is 5.92 Å². The Morgan fingerprint density at radius 1 is 1.31 bits per heavy atom. The molecule has 29 heavy (non-hydrogen) atoms. The van der Waals surface area contributed by atoms with Crippen molar-refractivity contribution < 1.29 is 27.1 Å². The predicted octanol–water partition coefficient (Wildman–Crippen LogP) is 3.16. The molecule has 6 nitrogen and oxygen atoms in total. The Bertz CT molecular complexity index is 1110. The third-order valence-electron chi connectivity index (χ3n) is 4.61. The lowest BCUT2D eigenvalue weighted by molar-refractivity contribution is -0.239. The summed E-state index contributed by atoms with van der Waals surface area (Å²) in [6.45, 7) is -0.282. The highest BCUT2D eigenvalue weighted by molar-refractivity contribution is 5.90. The van der Waals surface area contributed by atoms with E-state index in [1.165, 1.54) is 12.5 Å². The van der Waals surface area contributed by atoms with Gasteiger partial charge in [0.2, 0.25) is 0 Å². The molecule has 1 aromatic heterocycles. The van der Waals surface area contributed by atoms with E-state index in [2.05, 4.69) is 21.0 Å². The molecule has 2 aromatic rings. The number of benzene rings is 1. The van der Waals surface area contributed by atoms with Gasteiger partial charge in [0.25, 0.3) is 11.2 Å². The van der Waals surface area contributed by atoms with Crippen molar-refractivity contribution in [3.63, 3.8) is 0 Å². The molecular weight excluding hydrogens is 394 g/mol. The average molecular weight is 407 g/mol. The van der Waals surface area contributed by atoms with Gasteiger partial charge in [-0.3, -0.25) is 14.7 Å². The number of carbonyl (C=O) groups is 1. The third-order valence-corrected chi connectivity index (χ3v) is 4.61. The molecule has 150 valence electrons. The molecule has 1 fully saturated rings. The maximum atomic E-state index is 14.7. The highest BCUT2D eigenvalue weighted by atomic mass is 19.4. The fraction of sp³-hybridized carbons (Fsp3) is 0.316. The number of hydrogen-bond acceptors (Lipinski definition) is 4. The van der Waals surface area contributed by atoms with Crippen molar-refractivity contribution in [2.24, 2.45) is 5.92 Å². The van der Waals surface area contributed by atoms with E-state index in [0.717, 1.165) is 16.7 Å². The molecular formula is C19H13F4N3O3. The standard InChI is InChI=1S/C19H13F4N3O3/c20-14-8-13-15(7-12(14)9-26-10-24-6-4-16(26)27)25-17(28)29-18(13,19(21,22)23)5-3-11-1-2-11/h4,6-8,10-11H,1-2,9H2,(H,25,28)/t18-/m0/s1. The summed E-state index contributed by atoms with van der Waals surface area (Å²) >= 11 is 0. The van der Waals surface area contributed by atoms with Crippen LogP contribution in [-0.4, -0.2) is 21.8 Å². The fourth-order valence-electron chi connectivity index (χ4n) is 2.95. The molecule has 2 aliphatic rings. The number of halogens is 4. The van der Waals surface area contributed by atoms with Gasteiger partial charge in [-0.05, 0) is 30.9 Å². The minimum Gasteiger partial charge on any atom is -0.415 e. The Morgan fingerprint density at radius 3 is 2.72 bits per heavy atom. The molecule has 2 heterocycles. The predicted molar refractivity (Wildman–Crippen MR) is 92.3 cm³/mol. The van der Waals surface area contributed by atoms with E-state index in [-0.39, 0.29) is 23.7 Å². The van der Waals surface area contributed by atoms with E-state index in [0.29, 0.717) is 18.9 Å². The Morgan fingerprint density at radius 2 is 2.07 bits per heavy atom. The second-order valence-electron chi connectivity index (χ2n) is 6.77. The van der Waals surface area contributed by atoms with Gasteiger partial charge in [-0.25, -0.2) is 14.2 Å². The summed E-state index contributed by atoms with van der Waals surface area (Å²) < 4.78 is 62.3. The number of hydrogen-bond donors (Lipinski definition) is 1. The number of anilines is 1. The van der Waals surface area contributed by atoms with Gasteiger partial charge >= 0.3 is 12.3 Å². The van der Waals surface area contributed by atoms with Crippen molar-refractivity contribution in [2.45, 2.75) is 31.2 Å². The first-order valence-corrected chi connectivity index (χ1v) is 8.62. The number of nitrogens with one attached hydrogen (secondary N) is 1. The largest absolute Gasteiger partial charge is 0.445 e. The number of fused-ring (bicyclic) bond motifs is 1.